The Labute approximate surface area is 153 Å². The molecule has 0 unspecified atom stereocenters. The Morgan fingerprint density at radius 2 is 1.62 bits per heavy atom. The maximum atomic E-state index is 4.75. The Morgan fingerprint density at radius 1 is 0.731 bits per heavy atom. The van der Waals surface area contributed by atoms with Gasteiger partial charge in [0.2, 0.25) is 0 Å². The van der Waals surface area contributed by atoms with Gasteiger partial charge in [0, 0.05) is 49.8 Å². The Kier molecular flexibility index (Phi) is 2.76. The molecule has 4 aromatic heterocycles. The average Bonchev–Trinajstić information content (AvgIpc) is 3.24. The summed E-state index contributed by atoms with van der Waals surface area (Å²) in [7, 11) is 0. The summed E-state index contributed by atoms with van der Waals surface area (Å²) in [5, 5.41) is 3.85. The topological polar surface area (TPSA) is 30.7 Å². The van der Waals surface area contributed by atoms with Gasteiger partial charge in [0.1, 0.15) is 0 Å². The molecule has 0 N–H and O–H groups in total. The van der Waals surface area contributed by atoms with Crippen molar-refractivity contribution < 1.29 is 0 Å². The molecule has 0 radical (unpaired) electrons. The van der Waals surface area contributed by atoms with Gasteiger partial charge in [-0.1, -0.05) is 24.3 Å². The predicted octanol–water partition coefficient (Wildman–Crippen LogP) is 5.94. The molecule has 4 heterocycles. The molecule has 3 nitrogen and oxygen atoms in total. The fourth-order valence-electron chi connectivity index (χ4n) is 3.86. The van der Waals surface area contributed by atoms with E-state index < -0.39 is 0 Å². The van der Waals surface area contributed by atoms with Crippen molar-refractivity contribution in [1.82, 2.24) is 14.5 Å². The van der Waals surface area contributed by atoms with Crippen LogP contribution in [0.3, 0.4) is 0 Å². The minimum absolute atomic E-state index is 1.05. The molecular formula is C22H13N3S. The summed E-state index contributed by atoms with van der Waals surface area (Å²) in [5.41, 5.74) is 4.47. The van der Waals surface area contributed by atoms with Crippen LogP contribution in [-0.4, -0.2) is 14.5 Å². The van der Waals surface area contributed by atoms with Gasteiger partial charge in [-0.3, -0.25) is 9.97 Å². The molecule has 0 atom stereocenters. The molecule has 0 amide bonds. The van der Waals surface area contributed by atoms with Crippen LogP contribution in [-0.2, 0) is 0 Å². The van der Waals surface area contributed by atoms with Crippen LogP contribution < -0.4 is 0 Å². The van der Waals surface area contributed by atoms with Gasteiger partial charge in [0.05, 0.1) is 16.6 Å². The van der Waals surface area contributed by atoms with Crippen LogP contribution in [0.1, 0.15) is 0 Å². The molecular weight excluding hydrogens is 338 g/mol. The zero-order valence-corrected chi connectivity index (χ0v) is 14.6. The minimum atomic E-state index is 1.05. The fourth-order valence-corrected chi connectivity index (χ4v) is 5.11. The summed E-state index contributed by atoms with van der Waals surface area (Å²) < 4.78 is 4.90. The number of nitrogens with zero attached hydrogens (tertiary/aromatic N) is 3. The van der Waals surface area contributed by atoms with E-state index >= 15 is 0 Å². The lowest BCUT2D eigenvalue weighted by Crippen LogP contribution is -1.93. The molecule has 0 aliphatic carbocycles. The number of rotatable bonds is 1. The summed E-state index contributed by atoms with van der Waals surface area (Å²) in [6.45, 7) is 0. The molecule has 0 bridgehead atoms. The third-order valence-electron chi connectivity index (χ3n) is 4.95. The predicted molar refractivity (Wildman–Crippen MR) is 109 cm³/mol. The third-order valence-corrected chi connectivity index (χ3v) is 6.15. The van der Waals surface area contributed by atoms with Crippen LogP contribution in [0.15, 0.2) is 79.3 Å². The maximum absolute atomic E-state index is 4.75. The van der Waals surface area contributed by atoms with Crippen LogP contribution in [0.25, 0.3) is 47.8 Å². The lowest BCUT2D eigenvalue weighted by Gasteiger charge is -2.06. The van der Waals surface area contributed by atoms with Gasteiger partial charge in [0.25, 0.3) is 0 Å². The summed E-state index contributed by atoms with van der Waals surface area (Å²) in [6.07, 6.45) is 5.55. The minimum Gasteiger partial charge on any atom is -0.307 e. The van der Waals surface area contributed by atoms with Crippen LogP contribution in [0, 0.1) is 0 Å². The molecule has 2 aromatic carbocycles. The van der Waals surface area contributed by atoms with E-state index in [4.69, 9.17) is 4.98 Å². The Hall–Kier alpha value is -3.24. The highest BCUT2D eigenvalue weighted by molar-refractivity contribution is 7.26. The van der Waals surface area contributed by atoms with E-state index in [1.165, 1.54) is 31.1 Å². The number of hydrogen-bond acceptors (Lipinski definition) is 3. The Morgan fingerprint density at radius 3 is 2.54 bits per heavy atom. The van der Waals surface area contributed by atoms with E-state index in [9.17, 15) is 0 Å². The van der Waals surface area contributed by atoms with E-state index in [1.807, 2.05) is 48.1 Å². The first kappa shape index (κ1) is 14.0. The highest BCUT2D eigenvalue weighted by Gasteiger charge is 2.17. The molecule has 0 saturated heterocycles. The van der Waals surface area contributed by atoms with Gasteiger partial charge in [-0.2, -0.15) is 0 Å². The number of benzene rings is 2. The van der Waals surface area contributed by atoms with Crippen molar-refractivity contribution in [3.63, 3.8) is 0 Å². The van der Waals surface area contributed by atoms with Crippen LogP contribution in [0.2, 0.25) is 0 Å². The summed E-state index contributed by atoms with van der Waals surface area (Å²) in [4.78, 5) is 8.91. The summed E-state index contributed by atoms with van der Waals surface area (Å²) in [6, 6.07) is 21.3. The first-order valence-electron chi connectivity index (χ1n) is 8.51. The van der Waals surface area contributed by atoms with Crippen LogP contribution >= 0.6 is 11.3 Å². The average molecular weight is 351 g/mol. The Bertz CT molecular complexity index is 1430. The van der Waals surface area contributed by atoms with Crippen molar-refractivity contribution in [1.29, 1.82) is 0 Å². The van der Waals surface area contributed by atoms with Gasteiger partial charge in [-0.15, -0.1) is 11.3 Å². The lowest BCUT2D eigenvalue weighted by molar-refractivity contribution is 1.15. The van der Waals surface area contributed by atoms with Crippen molar-refractivity contribution in [2.45, 2.75) is 0 Å². The molecule has 6 rings (SSSR count). The zero-order valence-electron chi connectivity index (χ0n) is 13.8. The number of pyridine rings is 2. The van der Waals surface area contributed by atoms with Crippen molar-refractivity contribution >= 4 is 53.4 Å². The maximum Gasteiger partial charge on any atom is 0.0977 e. The van der Waals surface area contributed by atoms with E-state index in [-0.39, 0.29) is 0 Å². The molecule has 122 valence electrons. The molecule has 0 aliphatic rings. The van der Waals surface area contributed by atoms with Gasteiger partial charge >= 0.3 is 0 Å². The van der Waals surface area contributed by atoms with Gasteiger partial charge in [0.15, 0.2) is 0 Å². The molecule has 0 aliphatic heterocycles. The van der Waals surface area contributed by atoms with Gasteiger partial charge in [-0.25, -0.2) is 0 Å². The number of hydrogen-bond donors (Lipinski definition) is 0. The van der Waals surface area contributed by atoms with E-state index in [2.05, 4.69) is 52.0 Å². The second-order valence-electron chi connectivity index (χ2n) is 6.35. The van der Waals surface area contributed by atoms with Crippen LogP contribution in [0.5, 0.6) is 0 Å². The van der Waals surface area contributed by atoms with Crippen LogP contribution in [0.4, 0.5) is 0 Å². The first-order chi connectivity index (χ1) is 12.9. The van der Waals surface area contributed by atoms with Gasteiger partial charge in [-0.05, 0) is 36.4 Å². The third kappa shape index (κ3) is 1.77. The smallest absolute Gasteiger partial charge is 0.0977 e. The molecule has 0 spiro atoms. The second-order valence-corrected chi connectivity index (χ2v) is 7.40. The van der Waals surface area contributed by atoms with Crippen molar-refractivity contribution in [2.75, 3.05) is 0 Å². The number of fused-ring (bicyclic) bond motifs is 7. The largest absolute Gasteiger partial charge is 0.307 e. The van der Waals surface area contributed by atoms with Gasteiger partial charge < -0.3 is 4.57 Å². The van der Waals surface area contributed by atoms with Crippen molar-refractivity contribution in [3.8, 4) is 5.69 Å². The summed E-state index contributed by atoms with van der Waals surface area (Å²) >= 11 is 1.85. The number of aromatic nitrogens is 3. The lowest BCUT2D eigenvalue weighted by atomic mass is 10.1. The van der Waals surface area contributed by atoms with E-state index in [0.29, 0.717) is 0 Å². The monoisotopic (exact) mass is 351 g/mol. The molecule has 0 saturated carbocycles. The van der Waals surface area contributed by atoms with Crippen molar-refractivity contribution in [3.05, 3.63) is 79.3 Å². The SMILES string of the molecule is c1ccc2c(c1)sc1c2ccc2c1c1ncccc1n2-c1ccncc1. The standard InChI is InChI=1S/C22H13N3S/c1-2-6-19-15(4-1)16-7-8-17-20(22(16)26-19)21-18(5-3-11-24-21)25(17)14-9-12-23-13-10-14/h1-13H. The Balaban J connectivity index is 1.89. The second kappa shape index (κ2) is 5.13. The first-order valence-corrected chi connectivity index (χ1v) is 9.33. The molecule has 0 fully saturated rings. The fraction of sp³-hybridized carbons (Fsp3) is 0. The highest BCUT2D eigenvalue weighted by Crippen LogP contribution is 2.42. The quantitative estimate of drug-likeness (QED) is 0.367. The highest BCUT2D eigenvalue weighted by atomic mass is 32.1. The molecule has 4 heteroatoms. The molecule has 26 heavy (non-hydrogen) atoms. The van der Waals surface area contributed by atoms with Crippen molar-refractivity contribution in [2.24, 2.45) is 0 Å². The van der Waals surface area contributed by atoms with E-state index in [1.54, 1.807) is 0 Å². The number of thiophene rings is 1. The van der Waals surface area contributed by atoms with E-state index in [0.717, 1.165) is 16.7 Å². The molecule has 6 aromatic rings. The zero-order chi connectivity index (χ0) is 17.1. The summed E-state index contributed by atoms with van der Waals surface area (Å²) in [5.74, 6) is 0. The normalized spacial score (nSPS) is 11.8.